The fourth-order valence-corrected chi connectivity index (χ4v) is 3.17. The molecule has 0 saturated carbocycles. The smallest absolute Gasteiger partial charge is 0.238 e. The summed E-state index contributed by atoms with van der Waals surface area (Å²) in [4.78, 5) is 14.2. The maximum Gasteiger partial charge on any atom is 0.238 e. The van der Waals surface area contributed by atoms with Crippen molar-refractivity contribution in [3.05, 3.63) is 96.1 Å². The highest BCUT2D eigenvalue weighted by molar-refractivity contribution is 5.92. The molecule has 5 heteroatoms. The lowest BCUT2D eigenvalue weighted by molar-refractivity contribution is -0.117. The zero-order valence-electron chi connectivity index (χ0n) is 17.5. The minimum absolute atomic E-state index is 0.0645. The van der Waals surface area contributed by atoms with E-state index in [9.17, 15) is 4.79 Å². The number of hydrogen-bond acceptors (Lipinski definition) is 4. The summed E-state index contributed by atoms with van der Waals surface area (Å²) in [6.45, 7) is 1.45. The zero-order chi connectivity index (χ0) is 21.2. The lowest BCUT2D eigenvalue weighted by atomic mass is 10.0. The molecule has 0 heterocycles. The Morgan fingerprint density at radius 1 is 0.900 bits per heavy atom. The van der Waals surface area contributed by atoms with Gasteiger partial charge in [-0.25, -0.2) is 0 Å². The second-order valence-electron chi connectivity index (χ2n) is 7.09. The molecule has 30 heavy (non-hydrogen) atoms. The third-order valence-corrected chi connectivity index (χ3v) is 4.75. The van der Waals surface area contributed by atoms with Crippen molar-refractivity contribution in [2.75, 3.05) is 39.2 Å². The highest BCUT2D eigenvalue weighted by Crippen LogP contribution is 2.25. The number of benzene rings is 3. The van der Waals surface area contributed by atoms with Gasteiger partial charge in [0, 0.05) is 12.2 Å². The molecule has 3 aromatic carbocycles. The molecule has 0 radical (unpaired) electrons. The van der Waals surface area contributed by atoms with E-state index in [1.54, 1.807) is 7.11 Å². The summed E-state index contributed by atoms with van der Waals surface area (Å²) < 4.78 is 11.4. The molecule has 3 rings (SSSR count). The first-order valence-electron chi connectivity index (χ1n) is 9.99. The van der Waals surface area contributed by atoms with Crippen molar-refractivity contribution in [3.63, 3.8) is 0 Å². The molecule has 1 N–H and O–H groups in total. The first-order chi connectivity index (χ1) is 14.7. The quantitative estimate of drug-likeness (QED) is 0.545. The number of hydrogen-bond donors (Lipinski definition) is 1. The van der Waals surface area contributed by atoms with E-state index in [0.717, 1.165) is 22.6 Å². The molecule has 0 aliphatic carbocycles. The van der Waals surface area contributed by atoms with Crippen molar-refractivity contribution in [1.29, 1.82) is 0 Å². The van der Waals surface area contributed by atoms with E-state index in [-0.39, 0.29) is 18.6 Å². The van der Waals surface area contributed by atoms with Crippen molar-refractivity contribution >= 4 is 11.6 Å². The highest BCUT2D eigenvalue weighted by atomic mass is 16.5. The summed E-state index contributed by atoms with van der Waals surface area (Å²) in [6, 6.07) is 27.7. The van der Waals surface area contributed by atoms with Crippen LogP contribution in [-0.2, 0) is 9.53 Å². The van der Waals surface area contributed by atoms with Gasteiger partial charge in [0.05, 0.1) is 20.3 Å². The molecule has 0 aliphatic heterocycles. The Bertz CT molecular complexity index is 859. The molecular weight excluding hydrogens is 376 g/mol. The Balaban J connectivity index is 1.50. The van der Waals surface area contributed by atoms with Crippen molar-refractivity contribution in [2.45, 2.75) is 6.10 Å². The van der Waals surface area contributed by atoms with E-state index in [2.05, 4.69) is 29.6 Å². The molecule has 1 amide bonds. The van der Waals surface area contributed by atoms with Crippen LogP contribution in [-0.4, -0.2) is 44.7 Å². The molecule has 0 aliphatic rings. The first-order valence-corrected chi connectivity index (χ1v) is 9.99. The summed E-state index contributed by atoms with van der Waals surface area (Å²) >= 11 is 0. The van der Waals surface area contributed by atoms with Crippen molar-refractivity contribution in [1.82, 2.24) is 4.90 Å². The van der Waals surface area contributed by atoms with Crippen molar-refractivity contribution in [2.24, 2.45) is 0 Å². The fourth-order valence-electron chi connectivity index (χ4n) is 3.17. The second-order valence-corrected chi connectivity index (χ2v) is 7.09. The lowest BCUT2D eigenvalue weighted by Crippen LogP contribution is -2.32. The number of anilines is 1. The molecule has 0 fully saturated rings. The van der Waals surface area contributed by atoms with Crippen LogP contribution in [0.3, 0.4) is 0 Å². The number of likely N-dealkylation sites (N-methyl/N-ethyl adjacent to an activating group) is 1. The minimum Gasteiger partial charge on any atom is -0.497 e. The van der Waals surface area contributed by atoms with Gasteiger partial charge < -0.3 is 14.8 Å². The van der Waals surface area contributed by atoms with Gasteiger partial charge in [-0.05, 0) is 42.4 Å². The second kappa shape index (κ2) is 11.1. The summed E-state index contributed by atoms with van der Waals surface area (Å²) in [5.41, 5.74) is 2.98. The first kappa shape index (κ1) is 21.6. The predicted octanol–water partition coefficient (Wildman–Crippen LogP) is 4.37. The van der Waals surface area contributed by atoms with Crippen LogP contribution in [0.1, 0.15) is 17.2 Å². The summed E-state index contributed by atoms with van der Waals surface area (Å²) in [7, 11) is 3.53. The van der Waals surface area contributed by atoms with Crippen molar-refractivity contribution in [3.8, 4) is 5.75 Å². The van der Waals surface area contributed by atoms with Gasteiger partial charge in [-0.3, -0.25) is 9.69 Å². The molecule has 3 aromatic rings. The van der Waals surface area contributed by atoms with E-state index >= 15 is 0 Å². The molecule has 0 atom stereocenters. The molecule has 0 bridgehead atoms. The molecule has 0 spiro atoms. The van der Waals surface area contributed by atoms with Crippen LogP contribution >= 0.6 is 0 Å². The Morgan fingerprint density at radius 3 is 2.00 bits per heavy atom. The molecule has 5 nitrogen and oxygen atoms in total. The van der Waals surface area contributed by atoms with Gasteiger partial charge >= 0.3 is 0 Å². The van der Waals surface area contributed by atoms with Gasteiger partial charge in [-0.2, -0.15) is 0 Å². The molecule has 0 aromatic heterocycles. The fraction of sp³-hybridized carbons (Fsp3) is 0.240. The summed E-state index contributed by atoms with van der Waals surface area (Å²) in [6.07, 6.45) is -0.131. The van der Waals surface area contributed by atoms with E-state index in [1.807, 2.05) is 72.6 Å². The van der Waals surface area contributed by atoms with Crippen LogP contribution < -0.4 is 10.1 Å². The van der Waals surface area contributed by atoms with Crippen LogP contribution in [0.5, 0.6) is 5.75 Å². The number of rotatable bonds is 10. The molecule has 0 unspecified atom stereocenters. The largest absolute Gasteiger partial charge is 0.497 e. The number of methoxy groups -OCH3 is 1. The van der Waals surface area contributed by atoms with Crippen LogP contribution in [0.2, 0.25) is 0 Å². The summed E-state index contributed by atoms with van der Waals surface area (Å²) in [5.74, 6) is 0.694. The predicted molar refractivity (Wildman–Crippen MR) is 120 cm³/mol. The van der Waals surface area contributed by atoms with Crippen LogP contribution in [0, 0.1) is 0 Å². The monoisotopic (exact) mass is 404 g/mol. The third-order valence-electron chi connectivity index (χ3n) is 4.75. The Morgan fingerprint density at radius 2 is 1.47 bits per heavy atom. The standard InChI is InChI=1S/C25H28N2O3/c1-27(19-24(28)26-22-13-15-23(29-2)16-14-22)17-18-30-25(20-9-5-3-6-10-20)21-11-7-4-8-12-21/h3-16,25H,17-19H2,1-2H3,(H,26,28). The maximum absolute atomic E-state index is 12.3. The summed E-state index contributed by atoms with van der Waals surface area (Å²) in [5, 5.41) is 2.90. The average Bonchev–Trinajstić information content (AvgIpc) is 2.78. The molecular formula is C25H28N2O3. The Kier molecular flexibility index (Phi) is 8.01. The number of nitrogens with zero attached hydrogens (tertiary/aromatic N) is 1. The lowest BCUT2D eigenvalue weighted by Gasteiger charge is -2.21. The van der Waals surface area contributed by atoms with Crippen molar-refractivity contribution < 1.29 is 14.3 Å². The van der Waals surface area contributed by atoms with Crippen LogP contribution in [0.15, 0.2) is 84.9 Å². The average molecular weight is 405 g/mol. The van der Waals surface area contributed by atoms with Gasteiger partial charge in [0.25, 0.3) is 0 Å². The van der Waals surface area contributed by atoms with Gasteiger partial charge in [0.15, 0.2) is 0 Å². The van der Waals surface area contributed by atoms with E-state index < -0.39 is 0 Å². The molecule has 156 valence electrons. The van der Waals surface area contributed by atoms with E-state index in [1.165, 1.54) is 0 Å². The molecule has 0 saturated heterocycles. The third kappa shape index (κ3) is 6.44. The minimum atomic E-state index is -0.131. The van der Waals surface area contributed by atoms with Gasteiger partial charge in [0.1, 0.15) is 11.9 Å². The van der Waals surface area contributed by atoms with E-state index in [0.29, 0.717) is 13.2 Å². The van der Waals surface area contributed by atoms with Crippen LogP contribution in [0.4, 0.5) is 5.69 Å². The number of ether oxygens (including phenoxy) is 2. The number of carbonyl (C=O) groups is 1. The number of carbonyl (C=O) groups excluding carboxylic acids is 1. The Hall–Kier alpha value is -3.15. The Labute approximate surface area is 178 Å². The normalized spacial score (nSPS) is 10.9. The van der Waals surface area contributed by atoms with Gasteiger partial charge in [0.2, 0.25) is 5.91 Å². The van der Waals surface area contributed by atoms with Crippen LogP contribution in [0.25, 0.3) is 0 Å². The van der Waals surface area contributed by atoms with Gasteiger partial charge in [-0.15, -0.1) is 0 Å². The highest BCUT2D eigenvalue weighted by Gasteiger charge is 2.15. The SMILES string of the molecule is COc1ccc(NC(=O)CN(C)CCOC(c2ccccc2)c2ccccc2)cc1. The van der Waals surface area contributed by atoms with E-state index in [4.69, 9.17) is 9.47 Å². The number of amides is 1. The number of nitrogens with one attached hydrogen (secondary N) is 1. The zero-order valence-corrected chi connectivity index (χ0v) is 17.5. The topological polar surface area (TPSA) is 50.8 Å². The maximum atomic E-state index is 12.3. The van der Waals surface area contributed by atoms with Gasteiger partial charge in [-0.1, -0.05) is 60.7 Å².